The Bertz CT molecular complexity index is 1020. The number of rotatable bonds is 6. The van der Waals surface area contributed by atoms with Crippen molar-refractivity contribution in [1.29, 1.82) is 0 Å². The second kappa shape index (κ2) is 8.71. The number of amides is 1. The van der Waals surface area contributed by atoms with Gasteiger partial charge in [-0.05, 0) is 18.1 Å². The zero-order valence-corrected chi connectivity index (χ0v) is 17.8. The summed E-state index contributed by atoms with van der Waals surface area (Å²) in [5.41, 5.74) is 3.25. The summed E-state index contributed by atoms with van der Waals surface area (Å²) in [5.74, 6) is 1.57. The molecule has 1 amide bonds. The lowest BCUT2D eigenvalue weighted by molar-refractivity contribution is -0.132. The van der Waals surface area contributed by atoms with Gasteiger partial charge in [0.25, 0.3) is 0 Å². The highest BCUT2D eigenvalue weighted by Gasteiger charge is 2.33. The van der Waals surface area contributed by atoms with Gasteiger partial charge in [-0.3, -0.25) is 4.79 Å². The second-order valence-electron chi connectivity index (χ2n) is 7.41. The van der Waals surface area contributed by atoms with Gasteiger partial charge in [-0.2, -0.15) is 0 Å². The molecule has 4 rings (SSSR count). The normalized spacial score (nSPS) is 17.5. The molecule has 0 radical (unpaired) electrons. The fraction of sp³-hybridized carbons (Fsp3) is 0.333. The van der Waals surface area contributed by atoms with E-state index < -0.39 is 6.10 Å². The second-order valence-corrected chi connectivity index (χ2v) is 7.41. The van der Waals surface area contributed by atoms with Gasteiger partial charge in [-0.15, -0.1) is 0 Å². The minimum absolute atomic E-state index is 0.0431. The molecular formula is C24H25NO6. The summed E-state index contributed by atoms with van der Waals surface area (Å²) in [4.78, 5) is 26.7. The average Bonchev–Trinajstić information content (AvgIpc) is 3.13. The number of hydrogen-bond donors (Lipinski definition) is 0. The van der Waals surface area contributed by atoms with Crippen LogP contribution in [-0.2, 0) is 9.53 Å². The van der Waals surface area contributed by atoms with E-state index in [0.29, 0.717) is 42.3 Å². The summed E-state index contributed by atoms with van der Waals surface area (Å²) in [5, 5.41) is 0. The number of cyclic esters (lactones) is 1. The Balaban J connectivity index is 1.49. The van der Waals surface area contributed by atoms with E-state index in [-0.39, 0.29) is 18.3 Å². The van der Waals surface area contributed by atoms with Gasteiger partial charge in [0.2, 0.25) is 5.91 Å². The Kier molecular flexibility index (Phi) is 5.84. The van der Waals surface area contributed by atoms with Crippen molar-refractivity contribution >= 4 is 17.4 Å². The Morgan fingerprint density at radius 2 is 1.81 bits per heavy atom. The van der Waals surface area contributed by atoms with Crippen molar-refractivity contribution in [2.75, 3.05) is 34.4 Å². The Labute approximate surface area is 181 Å². The molecule has 0 bridgehead atoms. The molecule has 2 aromatic rings. The number of hydrogen-bond acceptors (Lipinski definition) is 6. The van der Waals surface area contributed by atoms with Gasteiger partial charge in [0.05, 0.1) is 38.9 Å². The largest absolute Gasteiger partial charge is 0.496 e. The number of esters is 1. The SMILES string of the molecule is COc1cc(OC)c(C2=CCN(C(=O)CC3OC(=O)c4ccccc43)CC2)c(OC)c1. The predicted molar refractivity (Wildman–Crippen MR) is 114 cm³/mol. The van der Waals surface area contributed by atoms with Gasteiger partial charge in [0.1, 0.15) is 23.4 Å². The van der Waals surface area contributed by atoms with Crippen LogP contribution in [0.5, 0.6) is 17.2 Å². The summed E-state index contributed by atoms with van der Waals surface area (Å²) in [6.07, 6.45) is 2.29. The smallest absolute Gasteiger partial charge is 0.339 e. The van der Waals surface area contributed by atoms with Crippen LogP contribution in [0.1, 0.15) is 40.4 Å². The maximum Gasteiger partial charge on any atom is 0.339 e. The highest BCUT2D eigenvalue weighted by molar-refractivity contribution is 5.94. The van der Waals surface area contributed by atoms with Crippen LogP contribution in [0, 0.1) is 0 Å². The van der Waals surface area contributed by atoms with Crippen molar-refractivity contribution in [2.24, 2.45) is 0 Å². The molecule has 7 heteroatoms. The van der Waals surface area contributed by atoms with E-state index in [2.05, 4.69) is 0 Å². The molecule has 0 aromatic heterocycles. The molecule has 0 aliphatic carbocycles. The van der Waals surface area contributed by atoms with Crippen LogP contribution in [0.2, 0.25) is 0 Å². The van der Waals surface area contributed by atoms with E-state index >= 15 is 0 Å². The van der Waals surface area contributed by atoms with Gasteiger partial charge in [-0.1, -0.05) is 24.3 Å². The number of ether oxygens (including phenoxy) is 4. The van der Waals surface area contributed by atoms with Crippen molar-refractivity contribution in [1.82, 2.24) is 4.90 Å². The molecule has 0 saturated carbocycles. The van der Waals surface area contributed by atoms with E-state index in [1.54, 1.807) is 38.4 Å². The summed E-state index contributed by atoms with van der Waals surface area (Å²) in [6, 6.07) is 10.9. The van der Waals surface area contributed by atoms with Crippen LogP contribution in [0.25, 0.3) is 5.57 Å². The maximum absolute atomic E-state index is 12.9. The molecule has 0 saturated heterocycles. The molecule has 0 N–H and O–H groups in total. The number of benzene rings is 2. The van der Waals surface area contributed by atoms with E-state index in [1.165, 1.54) is 0 Å². The van der Waals surface area contributed by atoms with Crippen LogP contribution < -0.4 is 14.2 Å². The fourth-order valence-corrected chi connectivity index (χ4v) is 4.10. The van der Waals surface area contributed by atoms with E-state index in [4.69, 9.17) is 18.9 Å². The van der Waals surface area contributed by atoms with Crippen molar-refractivity contribution in [2.45, 2.75) is 18.9 Å². The molecule has 0 fully saturated rings. The van der Waals surface area contributed by atoms with Crippen LogP contribution in [0.4, 0.5) is 0 Å². The Hall–Kier alpha value is -3.48. The number of nitrogens with zero attached hydrogens (tertiary/aromatic N) is 1. The maximum atomic E-state index is 12.9. The summed E-state index contributed by atoms with van der Waals surface area (Å²) in [7, 11) is 4.81. The third-order valence-electron chi connectivity index (χ3n) is 5.73. The van der Waals surface area contributed by atoms with Crippen LogP contribution in [0.15, 0.2) is 42.5 Å². The first-order valence-corrected chi connectivity index (χ1v) is 10.1. The average molecular weight is 423 g/mol. The summed E-state index contributed by atoms with van der Waals surface area (Å²) in [6.45, 7) is 1.03. The first-order chi connectivity index (χ1) is 15.0. The summed E-state index contributed by atoms with van der Waals surface area (Å²) >= 11 is 0. The van der Waals surface area contributed by atoms with Crippen molar-refractivity contribution < 1.29 is 28.5 Å². The van der Waals surface area contributed by atoms with Crippen LogP contribution in [0.3, 0.4) is 0 Å². The van der Waals surface area contributed by atoms with Gasteiger partial charge < -0.3 is 23.8 Å². The topological polar surface area (TPSA) is 74.3 Å². The molecule has 1 unspecified atom stereocenters. The van der Waals surface area contributed by atoms with Gasteiger partial charge in [-0.25, -0.2) is 4.79 Å². The van der Waals surface area contributed by atoms with E-state index in [9.17, 15) is 9.59 Å². The lowest BCUT2D eigenvalue weighted by Gasteiger charge is -2.28. The first-order valence-electron chi connectivity index (χ1n) is 10.1. The molecule has 2 aliphatic rings. The standard InChI is InChI=1S/C24H25NO6/c1-28-16-12-20(29-2)23(21(13-16)30-3)15-8-10-25(11-9-15)22(26)14-19-17-6-4-5-7-18(17)24(27)31-19/h4-8,12-13,19H,9-11,14H2,1-3H3. The van der Waals surface area contributed by atoms with Gasteiger partial charge in [0.15, 0.2) is 0 Å². The molecule has 7 nitrogen and oxygen atoms in total. The quantitative estimate of drug-likeness (QED) is 0.661. The third kappa shape index (κ3) is 3.95. The zero-order valence-electron chi connectivity index (χ0n) is 17.8. The van der Waals surface area contributed by atoms with Gasteiger partial charge in [0, 0.05) is 30.8 Å². The molecule has 0 spiro atoms. The molecule has 2 aromatic carbocycles. The molecule has 162 valence electrons. The van der Waals surface area contributed by atoms with Crippen molar-refractivity contribution in [3.63, 3.8) is 0 Å². The Morgan fingerprint density at radius 1 is 1.10 bits per heavy atom. The highest BCUT2D eigenvalue weighted by Crippen LogP contribution is 2.41. The minimum Gasteiger partial charge on any atom is -0.496 e. The van der Waals surface area contributed by atoms with E-state index in [1.807, 2.05) is 30.3 Å². The minimum atomic E-state index is -0.525. The number of fused-ring (bicyclic) bond motifs is 1. The monoisotopic (exact) mass is 423 g/mol. The Morgan fingerprint density at radius 3 is 2.42 bits per heavy atom. The third-order valence-corrected chi connectivity index (χ3v) is 5.73. The number of carbonyl (C=O) groups is 2. The molecule has 2 aliphatic heterocycles. The lowest BCUT2D eigenvalue weighted by atomic mass is 9.96. The highest BCUT2D eigenvalue weighted by atomic mass is 16.5. The number of methoxy groups -OCH3 is 3. The van der Waals surface area contributed by atoms with Crippen LogP contribution in [-0.4, -0.2) is 51.2 Å². The fourth-order valence-electron chi connectivity index (χ4n) is 4.10. The molecule has 31 heavy (non-hydrogen) atoms. The van der Waals surface area contributed by atoms with Crippen molar-refractivity contribution in [3.8, 4) is 17.2 Å². The predicted octanol–water partition coefficient (Wildman–Crippen LogP) is 3.63. The lowest BCUT2D eigenvalue weighted by Crippen LogP contribution is -2.35. The number of carbonyl (C=O) groups excluding carboxylic acids is 2. The molecule has 1 atom stereocenters. The molecular weight excluding hydrogens is 398 g/mol. The van der Waals surface area contributed by atoms with Crippen molar-refractivity contribution in [3.05, 3.63) is 59.2 Å². The first kappa shape index (κ1) is 20.8. The van der Waals surface area contributed by atoms with Crippen LogP contribution >= 0.6 is 0 Å². The van der Waals surface area contributed by atoms with Gasteiger partial charge >= 0.3 is 5.97 Å². The van der Waals surface area contributed by atoms with E-state index in [0.717, 1.165) is 16.7 Å². The molecule has 2 heterocycles. The summed E-state index contributed by atoms with van der Waals surface area (Å²) < 4.78 is 21.9. The zero-order chi connectivity index (χ0) is 22.0.